The van der Waals surface area contributed by atoms with E-state index in [1.54, 1.807) is 6.92 Å². The quantitative estimate of drug-likeness (QED) is 0.821. The second-order valence-electron chi connectivity index (χ2n) is 3.34. The van der Waals surface area contributed by atoms with E-state index in [1.807, 2.05) is 0 Å². The third kappa shape index (κ3) is 2.48. The fourth-order valence-electron chi connectivity index (χ4n) is 1.16. The van der Waals surface area contributed by atoms with Crippen molar-refractivity contribution in [1.82, 2.24) is 15.1 Å². The molecule has 0 spiro atoms. The zero-order chi connectivity index (χ0) is 13.1. The van der Waals surface area contributed by atoms with Crippen LogP contribution < -0.4 is 5.32 Å². The first-order chi connectivity index (χ1) is 8.56. The maximum atomic E-state index is 11.7. The smallest absolute Gasteiger partial charge is 0.337 e. The van der Waals surface area contributed by atoms with Crippen molar-refractivity contribution in [3.05, 3.63) is 35.4 Å². The van der Waals surface area contributed by atoms with Gasteiger partial charge in [-0.1, -0.05) is 5.16 Å². The van der Waals surface area contributed by atoms with Crippen molar-refractivity contribution < 1.29 is 19.2 Å². The largest absolute Gasteiger partial charge is 0.478 e. The summed E-state index contributed by atoms with van der Waals surface area (Å²) in [6.07, 6.45) is 1.09. The van der Waals surface area contributed by atoms with Crippen molar-refractivity contribution in [2.24, 2.45) is 0 Å². The zero-order valence-corrected chi connectivity index (χ0v) is 9.25. The van der Waals surface area contributed by atoms with Gasteiger partial charge in [-0.2, -0.15) is 4.98 Å². The average molecular weight is 248 g/mol. The van der Waals surface area contributed by atoms with Gasteiger partial charge in [0, 0.05) is 6.20 Å². The lowest BCUT2D eigenvalue weighted by atomic mass is 10.2. The molecular weight excluding hydrogens is 240 g/mol. The number of carboxylic acids is 1. The molecule has 8 nitrogen and oxygen atoms in total. The van der Waals surface area contributed by atoms with Crippen LogP contribution in [0.4, 0.5) is 6.01 Å². The second kappa shape index (κ2) is 4.62. The average Bonchev–Trinajstić information content (AvgIpc) is 2.75. The molecule has 2 aromatic heterocycles. The summed E-state index contributed by atoms with van der Waals surface area (Å²) >= 11 is 0. The molecule has 0 unspecified atom stereocenters. The minimum atomic E-state index is -1.11. The summed E-state index contributed by atoms with van der Waals surface area (Å²) in [7, 11) is 0. The van der Waals surface area contributed by atoms with Crippen LogP contribution in [0.2, 0.25) is 0 Å². The molecule has 0 radical (unpaired) electrons. The molecule has 1 amide bonds. The molecular formula is C10H8N4O4. The van der Waals surface area contributed by atoms with E-state index >= 15 is 0 Å². The molecule has 0 aliphatic heterocycles. The summed E-state index contributed by atoms with van der Waals surface area (Å²) in [6.45, 7) is 1.61. The van der Waals surface area contributed by atoms with Gasteiger partial charge in [0.05, 0.1) is 5.56 Å². The van der Waals surface area contributed by atoms with Crippen LogP contribution in [0.5, 0.6) is 0 Å². The Kier molecular flexibility index (Phi) is 3.00. The van der Waals surface area contributed by atoms with E-state index in [2.05, 4.69) is 20.4 Å². The predicted octanol–water partition coefficient (Wildman–Crippen LogP) is 0.724. The molecule has 0 saturated carbocycles. The molecule has 0 aromatic carbocycles. The lowest BCUT2D eigenvalue weighted by Crippen LogP contribution is -2.14. The lowest BCUT2D eigenvalue weighted by Gasteiger charge is -1.99. The highest BCUT2D eigenvalue weighted by Crippen LogP contribution is 2.06. The van der Waals surface area contributed by atoms with E-state index in [1.165, 1.54) is 12.1 Å². The molecule has 2 heterocycles. The van der Waals surface area contributed by atoms with E-state index in [9.17, 15) is 9.59 Å². The SMILES string of the molecule is Cc1noc(NC(=O)c2ccc(C(=O)O)cn2)n1. The molecule has 0 fully saturated rings. The Labute approximate surface area is 101 Å². The Morgan fingerprint density at radius 2 is 2.17 bits per heavy atom. The molecule has 8 heteroatoms. The predicted molar refractivity (Wildman–Crippen MR) is 58.2 cm³/mol. The highest BCUT2D eigenvalue weighted by Gasteiger charge is 2.12. The summed E-state index contributed by atoms with van der Waals surface area (Å²) in [4.78, 5) is 29.8. The van der Waals surface area contributed by atoms with Crippen molar-refractivity contribution in [2.45, 2.75) is 6.92 Å². The van der Waals surface area contributed by atoms with Crippen molar-refractivity contribution in [3.8, 4) is 0 Å². The van der Waals surface area contributed by atoms with Crippen LogP contribution in [0.1, 0.15) is 26.7 Å². The van der Waals surface area contributed by atoms with Crippen LogP contribution in [-0.2, 0) is 0 Å². The molecule has 0 saturated heterocycles. The fraction of sp³-hybridized carbons (Fsp3) is 0.100. The number of nitrogens with zero attached hydrogens (tertiary/aromatic N) is 3. The van der Waals surface area contributed by atoms with Crippen LogP contribution in [-0.4, -0.2) is 32.1 Å². The highest BCUT2D eigenvalue weighted by atomic mass is 16.5. The number of anilines is 1. The van der Waals surface area contributed by atoms with Gasteiger partial charge in [0.15, 0.2) is 5.82 Å². The number of rotatable bonds is 3. The summed E-state index contributed by atoms with van der Waals surface area (Å²) in [6, 6.07) is 2.53. The Hall–Kier alpha value is -2.77. The van der Waals surface area contributed by atoms with Gasteiger partial charge in [0.2, 0.25) is 0 Å². The minimum absolute atomic E-state index is 0.000171. The topological polar surface area (TPSA) is 118 Å². The molecule has 2 aromatic rings. The van der Waals surface area contributed by atoms with E-state index in [4.69, 9.17) is 9.63 Å². The Morgan fingerprint density at radius 3 is 2.67 bits per heavy atom. The standard InChI is InChI=1S/C10H8N4O4/c1-5-12-10(18-14-5)13-8(15)7-3-2-6(4-11-7)9(16)17/h2-4H,1H3,(H,16,17)(H,12,13,14,15). The number of hydrogen-bond acceptors (Lipinski definition) is 6. The minimum Gasteiger partial charge on any atom is -0.478 e. The molecule has 0 bridgehead atoms. The first-order valence-electron chi connectivity index (χ1n) is 4.87. The van der Waals surface area contributed by atoms with Crippen molar-refractivity contribution in [2.75, 3.05) is 5.32 Å². The van der Waals surface area contributed by atoms with Crippen LogP contribution in [0.15, 0.2) is 22.9 Å². The van der Waals surface area contributed by atoms with E-state index in [0.717, 1.165) is 6.20 Å². The number of pyridine rings is 1. The second-order valence-corrected chi connectivity index (χ2v) is 3.34. The molecule has 18 heavy (non-hydrogen) atoms. The van der Waals surface area contributed by atoms with Crippen LogP contribution in [0.25, 0.3) is 0 Å². The van der Waals surface area contributed by atoms with Crippen LogP contribution in [0.3, 0.4) is 0 Å². The van der Waals surface area contributed by atoms with Crippen LogP contribution in [0, 0.1) is 6.92 Å². The summed E-state index contributed by atoms with van der Waals surface area (Å²) in [5.74, 6) is -1.28. The number of hydrogen-bond donors (Lipinski definition) is 2. The van der Waals surface area contributed by atoms with Crippen molar-refractivity contribution in [3.63, 3.8) is 0 Å². The van der Waals surface area contributed by atoms with Gasteiger partial charge in [0.25, 0.3) is 5.91 Å². The van der Waals surface area contributed by atoms with Gasteiger partial charge in [-0.05, 0) is 19.1 Å². The Balaban J connectivity index is 2.11. The molecule has 2 rings (SSSR count). The number of aromatic nitrogens is 3. The van der Waals surface area contributed by atoms with Crippen molar-refractivity contribution in [1.29, 1.82) is 0 Å². The number of amides is 1. The maximum Gasteiger partial charge on any atom is 0.337 e. The lowest BCUT2D eigenvalue weighted by molar-refractivity contribution is 0.0695. The van der Waals surface area contributed by atoms with Gasteiger partial charge in [0.1, 0.15) is 5.69 Å². The van der Waals surface area contributed by atoms with Crippen LogP contribution >= 0.6 is 0 Å². The highest BCUT2D eigenvalue weighted by molar-refractivity contribution is 6.02. The van der Waals surface area contributed by atoms with Gasteiger partial charge >= 0.3 is 12.0 Å². The number of carbonyl (C=O) groups excluding carboxylic acids is 1. The number of carbonyl (C=O) groups is 2. The van der Waals surface area contributed by atoms with Gasteiger partial charge in [-0.15, -0.1) is 0 Å². The number of aromatic carboxylic acids is 1. The molecule has 0 aliphatic rings. The Morgan fingerprint density at radius 1 is 1.39 bits per heavy atom. The van der Waals surface area contributed by atoms with Gasteiger partial charge < -0.3 is 9.63 Å². The zero-order valence-electron chi connectivity index (χ0n) is 9.25. The van der Waals surface area contributed by atoms with E-state index in [-0.39, 0.29) is 17.3 Å². The summed E-state index contributed by atoms with van der Waals surface area (Å²) in [5, 5.41) is 14.5. The summed E-state index contributed by atoms with van der Waals surface area (Å²) in [5.41, 5.74) is 0.0519. The van der Waals surface area contributed by atoms with Gasteiger partial charge in [-0.25, -0.2) is 4.79 Å². The van der Waals surface area contributed by atoms with E-state index in [0.29, 0.717) is 5.82 Å². The number of carboxylic acid groups (broad SMARTS) is 1. The molecule has 92 valence electrons. The fourth-order valence-corrected chi connectivity index (χ4v) is 1.16. The molecule has 0 aliphatic carbocycles. The third-order valence-electron chi connectivity index (χ3n) is 1.99. The van der Waals surface area contributed by atoms with Crippen molar-refractivity contribution >= 4 is 17.9 Å². The first-order valence-corrected chi connectivity index (χ1v) is 4.87. The number of nitrogens with one attached hydrogen (secondary N) is 1. The van der Waals surface area contributed by atoms with Gasteiger partial charge in [-0.3, -0.25) is 15.1 Å². The molecule has 0 atom stereocenters. The Bertz CT molecular complexity index is 590. The normalized spacial score (nSPS) is 10.1. The summed E-state index contributed by atoms with van der Waals surface area (Å²) < 4.78 is 4.70. The van der Waals surface area contributed by atoms with E-state index < -0.39 is 11.9 Å². The first kappa shape index (κ1) is 11.7. The maximum absolute atomic E-state index is 11.7. The molecule has 2 N–H and O–H groups in total. The monoisotopic (exact) mass is 248 g/mol. The number of aryl methyl sites for hydroxylation is 1. The third-order valence-corrected chi connectivity index (χ3v) is 1.99.